The molecule has 2 N–H and O–H groups in total. The van der Waals surface area contributed by atoms with Crippen LogP contribution in [0.25, 0.3) is 22.3 Å². The van der Waals surface area contributed by atoms with Gasteiger partial charge in [0.05, 0.1) is 10.9 Å². The lowest BCUT2D eigenvalue weighted by Crippen LogP contribution is -2.39. The zero-order valence-corrected chi connectivity index (χ0v) is 19.3. The largest absolute Gasteiger partial charge is 0.462 e. The van der Waals surface area contributed by atoms with Crippen molar-refractivity contribution in [1.82, 2.24) is 34.9 Å². The predicted molar refractivity (Wildman–Crippen MR) is 123 cm³/mol. The summed E-state index contributed by atoms with van der Waals surface area (Å²) in [7, 11) is 1.52. The number of nitrogens with one attached hydrogen (secondary N) is 2. The summed E-state index contributed by atoms with van der Waals surface area (Å²) >= 11 is 0. The van der Waals surface area contributed by atoms with Gasteiger partial charge in [0.15, 0.2) is 11.8 Å². The number of anilines is 1. The van der Waals surface area contributed by atoms with Crippen molar-refractivity contribution in [3.63, 3.8) is 0 Å². The molecule has 5 rings (SSSR count). The Kier molecular flexibility index (Phi) is 6.13. The number of hydrogen-bond acceptors (Lipinski definition) is 8. The van der Waals surface area contributed by atoms with Crippen LogP contribution in [0.5, 0.6) is 5.88 Å². The second-order valence-corrected chi connectivity index (χ2v) is 8.54. The molecule has 0 radical (unpaired) electrons. The van der Waals surface area contributed by atoms with Crippen molar-refractivity contribution >= 4 is 16.9 Å². The average molecular weight is 520 g/mol. The van der Waals surface area contributed by atoms with Gasteiger partial charge in [-0.15, -0.1) is 15.3 Å². The maximum absolute atomic E-state index is 14.2. The lowest BCUT2D eigenvalue weighted by atomic mass is 10.1. The fraction of sp³-hybridized carbons (Fsp3) is 0.364. The number of aryl methyl sites for hydroxylation is 1. The van der Waals surface area contributed by atoms with Crippen LogP contribution in [-0.4, -0.2) is 60.4 Å². The van der Waals surface area contributed by atoms with E-state index in [1.165, 1.54) is 36.1 Å². The number of fused-ring (bicyclic) bond motifs is 1. The monoisotopic (exact) mass is 520 g/mol. The average Bonchev–Trinajstić information content (AvgIpc) is 3.17. The third-order valence-electron chi connectivity index (χ3n) is 6.03. The van der Waals surface area contributed by atoms with E-state index in [0.717, 1.165) is 6.20 Å². The highest BCUT2D eigenvalue weighted by Gasteiger charge is 2.35. The van der Waals surface area contributed by atoms with E-state index in [-0.39, 0.29) is 59.7 Å². The van der Waals surface area contributed by atoms with Crippen LogP contribution in [0.2, 0.25) is 0 Å². The van der Waals surface area contributed by atoms with E-state index in [1.54, 1.807) is 4.90 Å². The van der Waals surface area contributed by atoms with E-state index < -0.39 is 29.7 Å². The van der Waals surface area contributed by atoms with E-state index in [4.69, 9.17) is 4.74 Å². The number of H-pyrrole nitrogens is 2. The predicted octanol–water partition coefficient (Wildman–Crippen LogP) is 2.42. The van der Waals surface area contributed by atoms with Crippen LogP contribution in [0.4, 0.5) is 23.4 Å². The molecule has 0 unspecified atom stereocenters. The van der Waals surface area contributed by atoms with Gasteiger partial charge >= 0.3 is 5.69 Å². The minimum Gasteiger partial charge on any atom is -0.462 e. The standard InChI is InChI=1S/C22H20F4N8O3/c1-33-18-12(9-14(30-31-18)13-10-28-21(36)29-19(13)35)20(32-33)37-16(17(23)24)11-2-5-27-15(8-11)34-6-3-22(25,26)4-7-34/h2,5,8-10,16-17H,3-4,6-7H2,1H3,(H2,28,29,35,36)/t16-/m1/s1. The highest BCUT2D eigenvalue weighted by Crippen LogP contribution is 2.34. The zero-order chi connectivity index (χ0) is 26.3. The van der Waals surface area contributed by atoms with Crippen LogP contribution in [-0.2, 0) is 7.05 Å². The molecule has 37 heavy (non-hydrogen) atoms. The van der Waals surface area contributed by atoms with Crippen molar-refractivity contribution in [2.45, 2.75) is 31.3 Å². The molecule has 15 heteroatoms. The van der Waals surface area contributed by atoms with Gasteiger partial charge in [0.2, 0.25) is 5.88 Å². The maximum atomic E-state index is 14.2. The summed E-state index contributed by atoms with van der Waals surface area (Å²) in [6, 6.07) is 4.13. The summed E-state index contributed by atoms with van der Waals surface area (Å²) < 4.78 is 62.4. The first-order valence-corrected chi connectivity index (χ1v) is 11.2. The Morgan fingerprint density at radius 3 is 2.59 bits per heavy atom. The molecular formula is C22H20F4N8O3. The SMILES string of the molecule is Cn1nc(O[C@H](c2ccnc(N3CCC(F)(F)CC3)c2)C(F)F)c2cc(-c3c[nH]c(=O)[nH]c3=O)nnc21. The van der Waals surface area contributed by atoms with Gasteiger partial charge in [0.25, 0.3) is 17.9 Å². The van der Waals surface area contributed by atoms with Crippen LogP contribution in [0.1, 0.15) is 24.5 Å². The van der Waals surface area contributed by atoms with Gasteiger partial charge < -0.3 is 14.6 Å². The number of halogens is 4. The molecule has 0 bridgehead atoms. The molecule has 1 aliphatic heterocycles. The first-order valence-electron chi connectivity index (χ1n) is 11.2. The summed E-state index contributed by atoms with van der Waals surface area (Å²) in [5.41, 5.74) is -1.07. The van der Waals surface area contributed by atoms with Crippen molar-refractivity contribution in [3.8, 4) is 17.1 Å². The maximum Gasteiger partial charge on any atom is 0.325 e. The Hall–Kier alpha value is -4.30. The van der Waals surface area contributed by atoms with Crippen molar-refractivity contribution in [2.24, 2.45) is 7.05 Å². The summed E-state index contributed by atoms with van der Waals surface area (Å²) in [5.74, 6) is -2.65. The minimum atomic E-state index is -2.98. The smallest absolute Gasteiger partial charge is 0.325 e. The van der Waals surface area contributed by atoms with Crippen LogP contribution < -0.4 is 20.9 Å². The molecular weight excluding hydrogens is 500 g/mol. The number of piperidine rings is 1. The van der Waals surface area contributed by atoms with Crippen LogP contribution >= 0.6 is 0 Å². The second-order valence-electron chi connectivity index (χ2n) is 8.54. The number of alkyl halides is 4. The van der Waals surface area contributed by atoms with Gasteiger partial charge in [-0.3, -0.25) is 9.78 Å². The quantitative estimate of drug-likeness (QED) is 0.370. The minimum absolute atomic E-state index is 0.0000901. The molecule has 1 saturated heterocycles. The second kappa shape index (κ2) is 9.29. The first-order chi connectivity index (χ1) is 17.6. The van der Waals surface area contributed by atoms with Gasteiger partial charge in [-0.2, -0.15) is 0 Å². The third-order valence-corrected chi connectivity index (χ3v) is 6.03. The number of nitrogens with zero attached hydrogens (tertiary/aromatic N) is 6. The summed E-state index contributed by atoms with van der Waals surface area (Å²) in [5, 5.41) is 12.3. The molecule has 0 aliphatic carbocycles. The lowest BCUT2D eigenvalue weighted by Gasteiger charge is -2.32. The van der Waals surface area contributed by atoms with Gasteiger partial charge in [0.1, 0.15) is 11.5 Å². The molecule has 4 aromatic rings. The van der Waals surface area contributed by atoms with Crippen molar-refractivity contribution in [3.05, 3.63) is 57.0 Å². The number of pyridine rings is 1. The van der Waals surface area contributed by atoms with Crippen molar-refractivity contribution < 1.29 is 22.3 Å². The van der Waals surface area contributed by atoms with Gasteiger partial charge in [-0.05, 0) is 18.2 Å². The Morgan fingerprint density at radius 1 is 1.14 bits per heavy atom. The number of rotatable bonds is 6. The van der Waals surface area contributed by atoms with Crippen LogP contribution in [0.3, 0.4) is 0 Å². The molecule has 194 valence electrons. The van der Waals surface area contributed by atoms with Crippen molar-refractivity contribution in [2.75, 3.05) is 18.0 Å². The molecule has 4 aromatic heterocycles. The first kappa shape index (κ1) is 24.4. The highest BCUT2D eigenvalue weighted by atomic mass is 19.3. The summed E-state index contributed by atoms with van der Waals surface area (Å²) in [6.07, 6.45) is -2.97. The molecule has 0 aromatic carbocycles. The van der Waals surface area contributed by atoms with E-state index >= 15 is 0 Å². The van der Waals surface area contributed by atoms with Crippen molar-refractivity contribution in [1.29, 1.82) is 0 Å². The summed E-state index contributed by atoms with van der Waals surface area (Å²) in [4.78, 5) is 33.7. The van der Waals surface area contributed by atoms with E-state index in [2.05, 4.69) is 30.2 Å². The Labute approximate surface area is 205 Å². The van der Waals surface area contributed by atoms with E-state index in [9.17, 15) is 27.2 Å². The molecule has 0 amide bonds. The van der Waals surface area contributed by atoms with Gasteiger partial charge in [0, 0.05) is 50.9 Å². The Morgan fingerprint density at radius 2 is 1.89 bits per heavy atom. The van der Waals surface area contributed by atoms with Crippen LogP contribution in [0.15, 0.2) is 40.2 Å². The summed E-state index contributed by atoms with van der Waals surface area (Å²) in [6.45, 7) is 0.0831. The molecule has 0 spiro atoms. The van der Waals surface area contributed by atoms with E-state index in [0.29, 0.717) is 5.82 Å². The molecule has 1 aliphatic rings. The molecule has 11 nitrogen and oxygen atoms in total. The van der Waals surface area contributed by atoms with Crippen LogP contribution in [0, 0.1) is 0 Å². The molecule has 5 heterocycles. The lowest BCUT2D eigenvalue weighted by molar-refractivity contribution is -0.0221. The molecule has 1 atom stereocenters. The zero-order valence-electron chi connectivity index (χ0n) is 19.3. The highest BCUT2D eigenvalue weighted by molar-refractivity contribution is 5.84. The number of hydrogen-bond donors (Lipinski definition) is 2. The van der Waals surface area contributed by atoms with Gasteiger partial charge in [-0.1, -0.05) is 0 Å². The fourth-order valence-electron chi connectivity index (χ4n) is 4.07. The fourth-order valence-corrected chi connectivity index (χ4v) is 4.07. The Balaban J connectivity index is 1.48. The Bertz CT molecular complexity index is 1560. The van der Waals surface area contributed by atoms with E-state index in [1.807, 2.05) is 0 Å². The number of aromatic amines is 2. The van der Waals surface area contributed by atoms with Gasteiger partial charge in [-0.25, -0.2) is 32.0 Å². The third kappa shape index (κ3) is 4.88. The number of ether oxygens (including phenoxy) is 1. The molecule has 1 fully saturated rings. The number of aromatic nitrogens is 7. The normalized spacial score (nSPS) is 16.3. The molecule has 0 saturated carbocycles. The topological polar surface area (TPSA) is 135 Å².